The number of nitrogens with zero attached hydrogens (tertiary/aromatic N) is 5. The Morgan fingerprint density at radius 2 is 0.952 bits per heavy atom. The fraction of sp³-hybridized carbons (Fsp3) is 0.588. The molecule has 0 aliphatic heterocycles. The van der Waals surface area contributed by atoms with Crippen molar-refractivity contribution >= 4 is 41.4 Å². The number of esters is 2. The minimum absolute atomic E-state index is 0.144. The van der Waals surface area contributed by atoms with Gasteiger partial charge in [0, 0.05) is 36.4 Å². The van der Waals surface area contributed by atoms with Crippen LogP contribution in [0.2, 0.25) is 10.0 Å². The van der Waals surface area contributed by atoms with Crippen LogP contribution in [0.5, 0.6) is 0 Å². The van der Waals surface area contributed by atoms with E-state index in [-0.39, 0.29) is 11.9 Å². The summed E-state index contributed by atoms with van der Waals surface area (Å²) in [6.07, 6.45) is 11.0. The first-order valence-corrected chi connectivity index (χ1v) is 24.3. The van der Waals surface area contributed by atoms with Crippen molar-refractivity contribution in [1.29, 1.82) is 0 Å². The molecule has 352 valence electrons. The van der Waals surface area contributed by atoms with Crippen LogP contribution < -0.4 is 5.73 Å². The largest absolute Gasteiger partial charge is 0.465 e. The molecule has 2 N–H and O–H groups in total. The van der Waals surface area contributed by atoms with Crippen molar-refractivity contribution < 1.29 is 19.1 Å². The van der Waals surface area contributed by atoms with Crippen LogP contribution in [0.15, 0.2) is 71.7 Å². The van der Waals surface area contributed by atoms with Crippen LogP contribution >= 0.6 is 23.2 Å². The third-order valence-electron chi connectivity index (χ3n) is 10.4. The normalized spacial score (nSPS) is 11.5. The second-order valence-corrected chi connectivity index (χ2v) is 16.9. The molecule has 0 atom stereocenters. The zero-order valence-electron chi connectivity index (χ0n) is 39.6. The number of carbonyl (C=O) groups is 2. The van der Waals surface area contributed by atoms with Crippen LogP contribution in [0, 0.1) is 0 Å². The molecule has 0 heterocycles. The Hall–Kier alpha value is -3.35. The van der Waals surface area contributed by atoms with E-state index in [2.05, 4.69) is 101 Å². The highest BCUT2D eigenvalue weighted by molar-refractivity contribution is 6.36. The van der Waals surface area contributed by atoms with Gasteiger partial charge < -0.3 is 25.0 Å². The number of carbonyl (C=O) groups excluding carboxylic acids is 2. The Labute approximate surface area is 391 Å². The van der Waals surface area contributed by atoms with Crippen LogP contribution in [0.3, 0.4) is 0 Å². The lowest BCUT2D eigenvalue weighted by molar-refractivity contribution is -0.145. The van der Waals surface area contributed by atoms with Gasteiger partial charge in [-0.25, -0.2) is 0 Å². The van der Waals surface area contributed by atoms with Crippen LogP contribution in [0.25, 0.3) is 0 Å². The molecule has 0 aliphatic carbocycles. The molecule has 0 saturated heterocycles. The third-order valence-corrected chi connectivity index (χ3v) is 11.0. The van der Waals surface area contributed by atoms with Gasteiger partial charge in [-0.1, -0.05) is 105 Å². The molecular formula is C51H80Cl2N6O4. The molecule has 0 unspecified atom stereocenters. The van der Waals surface area contributed by atoms with E-state index in [1.807, 2.05) is 19.9 Å². The Kier molecular flexibility index (Phi) is 31.0. The molecule has 0 fully saturated rings. The summed E-state index contributed by atoms with van der Waals surface area (Å²) in [6, 6.07) is 22.1. The van der Waals surface area contributed by atoms with E-state index in [1.165, 1.54) is 49.9 Å². The second-order valence-electron chi connectivity index (χ2n) is 16.1. The Morgan fingerprint density at radius 1 is 0.556 bits per heavy atom. The average Bonchev–Trinajstić information content (AvgIpc) is 3.26. The highest BCUT2D eigenvalue weighted by Crippen LogP contribution is 2.20. The molecule has 3 aromatic carbocycles. The van der Waals surface area contributed by atoms with Crippen molar-refractivity contribution in [2.24, 2.45) is 10.7 Å². The molecule has 3 aromatic rings. The van der Waals surface area contributed by atoms with Gasteiger partial charge in [0.1, 0.15) is 0 Å². The van der Waals surface area contributed by atoms with E-state index >= 15 is 0 Å². The minimum atomic E-state index is -0.164. The number of unbranched alkanes of at least 4 members (excludes halogenated alkanes) is 2. The van der Waals surface area contributed by atoms with Gasteiger partial charge in [-0.05, 0) is 152 Å². The predicted octanol–water partition coefficient (Wildman–Crippen LogP) is 10.3. The van der Waals surface area contributed by atoms with Crippen LogP contribution in [0.4, 0.5) is 0 Å². The molecule has 0 bridgehead atoms. The van der Waals surface area contributed by atoms with Crippen LogP contribution in [-0.2, 0) is 45.2 Å². The number of nitrogens with two attached hydrogens (primary N) is 1. The lowest BCUT2D eigenvalue weighted by atomic mass is 10.1. The summed E-state index contributed by atoms with van der Waals surface area (Å²) in [5.74, 6) is -0.308. The minimum Gasteiger partial charge on any atom is -0.465 e. The number of aliphatic imine (C=N–C) groups is 1. The van der Waals surface area contributed by atoms with Gasteiger partial charge in [0.25, 0.3) is 0 Å². The molecule has 0 aliphatic rings. The summed E-state index contributed by atoms with van der Waals surface area (Å²) in [5, 5.41) is 1.20. The zero-order chi connectivity index (χ0) is 46.1. The molecule has 0 radical (unpaired) electrons. The fourth-order valence-corrected chi connectivity index (χ4v) is 7.84. The van der Waals surface area contributed by atoms with Crippen molar-refractivity contribution in [3.05, 3.63) is 105 Å². The van der Waals surface area contributed by atoms with Gasteiger partial charge >= 0.3 is 11.9 Å². The summed E-state index contributed by atoms with van der Waals surface area (Å²) in [7, 11) is 0. The first-order chi connectivity index (χ1) is 30.6. The Morgan fingerprint density at radius 3 is 1.33 bits per heavy atom. The molecule has 0 amide bonds. The van der Waals surface area contributed by atoms with E-state index < -0.39 is 0 Å². The zero-order valence-corrected chi connectivity index (χ0v) is 41.1. The first kappa shape index (κ1) is 55.8. The SMILES string of the molecule is CCCN(CCC)CCCCN(CC(=O)OCC)Cc1ccc(CN)cc1.CCCN(CCC)CCCCN(CC(=O)OCC)Cc1ccc(CN=Cc2ccc(Cl)cc2Cl)cc1. The van der Waals surface area contributed by atoms with E-state index in [0.717, 1.165) is 94.7 Å². The van der Waals surface area contributed by atoms with E-state index in [4.69, 9.17) is 38.4 Å². The second kappa shape index (κ2) is 35.0. The molecule has 0 aromatic heterocycles. The van der Waals surface area contributed by atoms with Crippen LogP contribution in [-0.4, -0.2) is 116 Å². The van der Waals surface area contributed by atoms with Crippen molar-refractivity contribution in [1.82, 2.24) is 19.6 Å². The Bertz CT molecular complexity index is 1670. The maximum absolute atomic E-state index is 12.2. The number of ether oxygens (including phenoxy) is 2. The summed E-state index contributed by atoms with van der Waals surface area (Å²) < 4.78 is 10.4. The first-order valence-electron chi connectivity index (χ1n) is 23.6. The Balaban J connectivity index is 0.000000452. The van der Waals surface area contributed by atoms with Gasteiger partial charge in [-0.15, -0.1) is 0 Å². The van der Waals surface area contributed by atoms with Crippen LogP contribution in [0.1, 0.15) is 121 Å². The summed E-state index contributed by atoms with van der Waals surface area (Å²) in [4.78, 5) is 38.1. The van der Waals surface area contributed by atoms with Crippen molar-refractivity contribution in [2.75, 3.05) is 78.7 Å². The van der Waals surface area contributed by atoms with Gasteiger partial charge in [-0.3, -0.25) is 24.4 Å². The molecule has 12 heteroatoms. The van der Waals surface area contributed by atoms with E-state index in [1.54, 1.807) is 18.3 Å². The van der Waals surface area contributed by atoms with Crippen molar-refractivity contribution in [3.63, 3.8) is 0 Å². The van der Waals surface area contributed by atoms with Gasteiger partial charge in [-0.2, -0.15) is 0 Å². The van der Waals surface area contributed by atoms with E-state index in [9.17, 15) is 9.59 Å². The fourth-order valence-electron chi connectivity index (χ4n) is 7.39. The van der Waals surface area contributed by atoms with E-state index in [0.29, 0.717) is 49.4 Å². The standard InChI is InChI=1S/C29H41Cl2N3O2.C22H39N3O2/c1-4-15-33(16-5-2)17-7-8-18-34(23-29(35)36-6-3)22-25-11-9-24(10-12-25)20-32-21-26-13-14-27(30)19-28(26)31;1-4-13-24(14-5-2)15-7-8-16-25(19-22(26)27-6-3)18-21-11-9-20(17-23)10-12-21/h9-14,19,21H,4-8,15-18,20,22-23H2,1-3H3;9-12H,4-8,13-19,23H2,1-3H3. The third kappa shape index (κ3) is 25.7. The van der Waals surface area contributed by atoms with Gasteiger partial charge in [0.15, 0.2) is 0 Å². The molecular weight excluding hydrogens is 832 g/mol. The maximum Gasteiger partial charge on any atom is 0.320 e. The number of rotatable bonds is 32. The highest BCUT2D eigenvalue weighted by Gasteiger charge is 2.15. The van der Waals surface area contributed by atoms with Crippen molar-refractivity contribution in [2.45, 2.75) is 119 Å². The number of halogens is 2. The number of hydrogen-bond acceptors (Lipinski definition) is 10. The van der Waals surface area contributed by atoms with Gasteiger partial charge in [0.2, 0.25) is 0 Å². The number of benzene rings is 3. The highest BCUT2D eigenvalue weighted by atomic mass is 35.5. The van der Waals surface area contributed by atoms with Crippen molar-refractivity contribution in [3.8, 4) is 0 Å². The monoisotopic (exact) mass is 911 g/mol. The molecule has 63 heavy (non-hydrogen) atoms. The lowest BCUT2D eigenvalue weighted by Crippen LogP contribution is -2.32. The quantitative estimate of drug-likeness (QED) is 0.0373. The molecule has 0 saturated carbocycles. The summed E-state index contributed by atoms with van der Waals surface area (Å²) >= 11 is 12.2. The topological polar surface area (TPSA) is 104 Å². The maximum atomic E-state index is 12.2. The summed E-state index contributed by atoms with van der Waals surface area (Å²) in [6.45, 7) is 25.4. The summed E-state index contributed by atoms with van der Waals surface area (Å²) in [5.41, 5.74) is 11.1. The predicted molar refractivity (Wildman–Crippen MR) is 265 cm³/mol. The average molecular weight is 912 g/mol. The van der Waals surface area contributed by atoms with Gasteiger partial charge in [0.05, 0.1) is 37.9 Å². The molecule has 3 rings (SSSR count). The molecule has 0 spiro atoms. The lowest BCUT2D eigenvalue weighted by Gasteiger charge is -2.24. The molecule has 10 nitrogen and oxygen atoms in total. The number of hydrogen-bond donors (Lipinski definition) is 1. The smallest absolute Gasteiger partial charge is 0.320 e.